The van der Waals surface area contributed by atoms with Crippen LogP contribution in [0.25, 0.3) is 11.4 Å². The van der Waals surface area contributed by atoms with E-state index in [1.165, 1.54) is 12.8 Å². The summed E-state index contributed by atoms with van der Waals surface area (Å²) in [6.07, 6.45) is 2.49. The molecule has 0 radical (unpaired) electrons. The molecule has 0 unspecified atom stereocenters. The summed E-state index contributed by atoms with van der Waals surface area (Å²) in [5.74, 6) is 1.28. The van der Waals surface area contributed by atoms with Crippen LogP contribution in [0.1, 0.15) is 37.3 Å². The molecule has 5 nitrogen and oxygen atoms in total. The van der Waals surface area contributed by atoms with Crippen molar-refractivity contribution in [2.75, 3.05) is 13.1 Å². The van der Waals surface area contributed by atoms with Gasteiger partial charge in [-0.1, -0.05) is 29.4 Å². The quantitative estimate of drug-likeness (QED) is 0.926. The molecule has 0 amide bonds. The smallest absolute Gasteiger partial charge is 0.244 e. The van der Waals surface area contributed by atoms with E-state index in [4.69, 9.17) is 9.63 Å². The third-order valence-corrected chi connectivity index (χ3v) is 3.88. The molecule has 1 aromatic carbocycles. The summed E-state index contributed by atoms with van der Waals surface area (Å²) in [5.41, 5.74) is 1.79. The lowest BCUT2D eigenvalue weighted by atomic mass is 10.1. The molecule has 0 aliphatic carbocycles. The lowest BCUT2D eigenvalue weighted by molar-refractivity contribution is 0.209. The highest BCUT2D eigenvalue weighted by Crippen LogP contribution is 2.25. The van der Waals surface area contributed by atoms with E-state index < -0.39 is 0 Å². The fraction of sp³-hybridized carbons (Fsp3) is 0.467. The fourth-order valence-electron chi connectivity index (χ4n) is 2.57. The first-order valence-corrected chi connectivity index (χ1v) is 7.06. The van der Waals surface area contributed by atoms with E-state index in [9.17, 15) is 0 Å². The minimum Gasteiger partial charge on any atom is -0.392 e. The summed E-state index contributed by atoms with van der Waals surface area (Å²) in [6, 6.07) is 7.72. The van der Waals surface area contributed by atoms with Gasteiger partial charge in [-0.2, -0.15) is 4.98 Å². The van der Waals surface area contributed by atoms with Gasteiger partial charge in [-0.3, -0.25) is 4.90 Å². The number of aromatic nitrogens is 2. The fourth-order valence-corrected chi connectivity index (χ4v) is 2.57. The van der Waals surface area contributed by atoms with Gasteiger partial charge in [0.15, 0.2) is 0 Å². The molecule has 0 bridgehead atoms. The highest BCUT2D eigenvalue weighted by atomic mass is 16.5. The predicted molar refractivity (Wildman–Crippen MR) is 74.9 cm³/mol. The standard InChI is InChI=1S/C15H19N3O2/c1-11(18-8-2-3-9-18)15-16-14(17-20-15)13-6-4-12(10-19)5-7-13/h4-7,11,19H,2-3,8-10H2,1H3/t11-/m1/s1. The third-order valence-electron chi connectivity index (χ3n) is 3.88. The van der Waals surface area contributed by atoms with Gasteiger partial charge in [0.1, 0.15) is 0 Å². The van der Waals surface area contributed by atoms with Crippen molar-refractivity contribution >= 4 is 0 Å². The average molecular weight is 273 g/mol. The number of likely N-dealkylation sites (tertiary alicyclic amines) is 1. The van der Waals surface area contributed by atoms with Crippen molar-refractivity contribution in [1.29, 1.82) is 0 Å². The van der Waals surface area contributed by atoms with Gasteiger partial charge in [0.05, 0.1) is 12.6 Å². The first kappa shape index (κ1) is 13.3. The van der Waals surface area contributed by atoms with Crippen LogP contribution >= 0.6 is 0 Å². The molecule has 1 saturated heterocycles. The minimum atomic E-state index is 0.0454. The summed E-state index contributed by atoms with van der Waals surface area (Å²) < 4.78 is 5.40. The van der Waals surface area contributed by atoms with Crippen LogP contribution in [-0.2, 0) is 6.61 Å². The number of aliphatic hydroxyl groups is 1. The van der Waals surface area contributed by atoms with Gasteiger partial charge in [-0.05, 0) is 38.4 Å². The molecule has 2 aromatic rings. The molecular weight excluding hydrogens is 254 g/mol. The molecule has 0 saturated carbocycles. The molecule has 1 atom stereocenters. The largest absolute Gasteiger partial charge is 0.392 e. The molecule has 1 aliphatic heterocycles. The summed E-state index contributed by atoms with van der Waals surface area (Å²) in [5, 5.41) is 13.1. The van der Waals surface area contributed by atoms with Crippen LogP contribution in [0.3, 0.4) is 0 Å². The molecule has 106 valence electrons. The van der Waals surface area contributed by atoms with Gasteiger partial charge in [-0.15, -0.1) is 0 Å². The number of benzene rings is 1. The first-order chi connectivity index (χ1) is 9.78. The first-order valence-electron chi connectivity index (χ1n) is 7.06. The molecule has 1 aromatic heterocycles. The van der Waals surface area contributed by atoms with Crippen LogP contribution in [0.2, 0.25) is 0 Å². The zero-order valence-corrected chi connectivity index (χ0v) is 11.6. The summed E-state index contributed by atoms with van der Waals surface area (Å²) in [4.78, 5) is 6.87. The third kappa shape index (κ3) is 2.59. The molecule has 0 spiro atoms. The molecule has 1 N–H and O–H groups in total. The van der Waals surface area contributed by atoms with E-state index in [-0.39, 0.29) is 12.6 Å². The number of nitrogens with zero attached hydrogens (tertiary/aromatic N) is 3. The van der Waals surface area contributed by atoms with Gasteiger partial charge < -0.3 is 9.63 Å². The van der Waals surface area contributed by atoms with Crippen molar-refractivity contribution in [2.45, 2.75) is 32.4 Å². The van der Waals surface area contributed by atoms with E-state index in [1.807, 2.05) is 24.3 Å². The van der Waals surface area contributed by atoms with Crippen molar-refractivity contribution < 1.29 is 9.63 Å². The maximum atomic E-state index is 9.04. The predicted octanol–water partition coefficient (Wildman–Crippen LogP) is 2.39. The van der Waals surface area contributed by atoms with Crippen LogP contribution in [0, 0.1) is 0 Å². The van der Waals surface area contributed by atoms with Gasteiger partial charge >= 0.3 is 0 Å². The van der Waals surface area contributed by atoms with Gasteiger partial charge in [0, 0.05) is 5.56 Å². The van der Waals surface area contributed by atoms with Crippen LogP contribution in [-0.4, -0.2) is 33.2 Å². The van der Waals surface area contributed by atoms with E-state index in [1.54, 1.807) is 0 Å². The van der Waals surface area contributed by atoms with Gasteiger partial charge in [0.25, 0.3) is 0 Å². The summed E-state index contributed by atoms with van der Waals surface area (Å²) in [7, 11) is 0. The zero-order chi connectivity index (χ0) is 13.9. The van der Waals surface area contributed by atoms with Crippen molar-refractivity contribution in [1.82, 2.24) is 15.0 Å². The molecule has 3 rings (SSSR count). The average Bonchev–Trinajstić information content (AvgIpc) is 3.18. The van der Waals surface area contributed by atoms with Crippen molar-refractivity contribution in [2.24, 2.45) is 0 Å². The van der Waals surface area contributed by atoms with E-state index in [0.29, 0.717) is 11.7 Å². The second-order valence-electron chi connectivity index (χ2n) is 5.23. The maximum Gasteiger partial charge on any atom is 0.244 e. The Bertz CT molecular complexity index is 559. The van der Waals surface area contributed by atoms with Crippen LogP contribution < -0.4 is 0 Å². The van der Waals surface area contributed by atoms with Gasteiger partial charge in [0.2, 0.25) is 11.7 Å². The minimum absolute atomic E-state index is 0.0454. The Kier molecular flexibility index (Phi) is 3.80. The van der Waals surface area contributed by atoms with Crippen molar-refractivity contribution in [3.8, 4) is 11.4 Å². The monoisotopic (exact) mass is 273 g/mol. The van der Waals surface area contributed by atoms with Crippen molar-refractivity contribution in [3.05, 3.63) is 35.7 Å². The molecule has 20 heavy (non-hydrogen) atoms. The number of hydrogen-bond donors (Lipinski definition) is 1. The second kappa shape index (κ2) is 5.73. The Morgan fingerprint density at radius 1 is 1.25 bits per heavy atom. The van der Waals surface area contributed by atoms with E-state index in [0.717, 1.165) is 24.2 Å². The van der Waals surface area contributed by atoms with Crippen LogP contribution in [0.5, 0.6) is 0 Å². The Hall–Kier alpha value is -1.72. The maximum absolute atomic E-state index is 9.04. The second-order valence-corrected chi connectivity index (χ2v) is 5.23. The van der Waals surface area contributed by atoms with Crippen LogP contribution in [0.15, 0.2) is 28.8 Å². The number of hydrogen-bond acceptors (Lipinski definition) is 5. The van der Waals surface area contributed by atoms with E-state index in [2.05, 4.69) is 22.0 Å². The lowest BCUT2D eigenvalue weighted by Crippen LogP contribution is -2.23. The molecule has 2 heterocycles. The van der Waals surface area contributed by atoms with E-state index >= 15 is 0 Å². The topological polar surface area (TPSA) is 62.4 Å². The number of rotatable bonds is 4. The normalized spacial score (nSPS) is 17.5. The Labute approximate surface area is 118 Å². The highest BCUT2D eigenvalue weighted by molar-refractivity contribution is 5.54. The van der Waals surface area contributed by atoms with Crippen LogP contribution in [0.4, 0.5) is 0 Å². The summed E-state index contributed by atoms with van der Waals surface area (Å²) >= 11 is 0. The summed E-state index contributed by atoms with van der Waals surface area (Å²) in [6.45, 7) is 4.36. The number of aliphatic hydroxyl groups excluding tert-OH is 1. The molecule has 1 aliphatic rings. The van der Waals surface area contributed by atoms with Gasteiger partial charge in [-0.25, -0.2) is 0 Å². The Morgan fingerprint density at radius 2 is 1.95 bits per heavy atom. The molecule has 1 fully saturated rings. The molecular formula is C15H19N3O2. The van der Waals surface area contributed by atoms with Crippen molar-refractivity contribution in [3.63, 3.8) is 0 Å². The Balaban J connectivity index is 1.78. The lowest BCUT2D eigenvalue weighted by Gasteiger charge is -2.19. The SMILES string of the molecule is C[C@H](c1nc(-c2ccc(CO)cc2)no1)N1CCCC1. The highest BCUT2D eigenvalue weighted by Gasteiger charge is 2.24. The zero-order valence-electron chi connectivity index (χ0n) is 11.6. The molecule has 5 heteroatoms. The Morgan fingerprint density at radius 3 is 2.60 bits per heavy atom.